The van der Waals surface area contributed by atoms with E-state index in [9.17, 15) is 4.79 Å². The molecule has 0 amide bonds. The minimum absolute atomic E-state index is 0.193. The lowest BCUT2D eigenvalue weighted by Gasteiger charge is -2.12. The molecule has 0 spiro atoms. The summed E-state index contributed by atoms with van der Waals surface area (Å²) in [6, 6.07) is 6.62. The first kappa shape index (κ1) is 14.4. The number of hydrogen-bond acceptors (Lipinski definition) is 3. The monoisotopic (exact) mass is 268 g/mol. The number of methoxy groups -OCH3 is 1. The van der Waals surface area contributed by atoms with Crippen LogP contribution in [0.3, 0.4) is 0 Å². The molecule has 0 heterocycles. The van der Waals surface area contributed by atoms with Crippen LogP contribution in [0.5, 0.6) is 0 Å². The lowest BCUT2D eigenvalue weighted by atomic mass is 10.2. The van der Waals surface area contributed by atoms with Crippen LogP contribution in [-0.4, -0.2) is 36.4 Å². The minimum Gasteiger partial charge on any atom is -0.478 e. The first-order chi connectivity index (χ1) is 8.65. The third-order valence-corrected chi connectivity index (χ3v) is 2.46. The van der Waals surface area contributed by atoms with E-state index in [2.05, 4.69) is 10.6 Å². The summed E-state index contributed by atoms with van der Waals surface area (Å²) in [5, 5.41) is 15.3. The van der Waals surface area contributed by atoms with Gasteiger partial charge in [-0.1, -0.05) is 12.1 Å². The van der Waals surface area contributed by atoms with Crippen LogP contribution < -0.4 is 10.6 Å². The van der Waals surface area contributed by atoms with Crippen LogP contribution in [0.1, 0.15) is 16.8 Å². The van der Waals surface area contributed by atoms with Gasteiger partial charge in [-0.3, -0.25) is 0 Å². The largest absolute Gasteiger partial charge is 0.478 e. The van der Waals surface area contributed by atoms with Gasteiger partial charge in [-0.05, 0) is 30.8 Å². The van der Waals surface area contributed by atoms with E-state index in [-0.39, 0.29) is 5.56 Å². The molecular weight excluding hydrogens is 252 g/mol. The number of thiocarbonyl (C=S) groups is 1. The second kappa shape index (κ2) is 7.62. The molecule has 3 N–H and O–H groups in total. The summed E-state index contributed by atoms with van der Waals surface area (Å²) < 4.78 is 4.91. The second-order valence-electron chi connectivity index (χ2n) is 3.58. The number of carboxylic acid groups (broad SMARTS) is 1. The SMILES string of the molecule is COCCCNC(=S)Nc1ccccc1C(=O)O. The number of benzene rings is 1. The van der Waals surface area contributed by atoms with E-state index < -0.39 is 5.97 Å². The predicted octanol–water partition coefficient (Wildman–Crippen LogP) is 1.71. The standard InChI is InChI=1S/C12H16N2O3S/c1-17-8-4-7-13-12(18)14-10-6-3-2-5-9(10)11(15)16/h2-3,5-6H,4,7-8H2,1H3,(H,15,16)(H2,13,14,18). The molecule has 0 fully saturated rings. The Morgan fingerprint density at radius 3 is 2.83 bits per heavy atom. The fraction of sp³-hybridized carbons (Fsp3) is 0.333. The summed E-state index contributed by atoms with van der Waals surface area (Å²) in [4.78, 5) is 11.0. The Bertz CT molecular complexity index is 424. The van der Waals surface area contributed by atoms with Crippen molar-refractivity contribution in [2.45, 2.75) is 6.42 Å². The Morgan fingerprint density at radius 2 is 2.17 bits per heavy atom. The molecule has 5 nitrogen and oxygen atoms in total. The van der Waals surface area contributed by atoms with Gasteiger partial charge >= 0.3 is 5.97 Å². The number of nitrogens with one attached hydrogen (secondary N) is 2. The van der Waals surface area contributed by atoms with Gasteiger partial charge < -0.3 is 20.5 Å². The fourth-order valence-electron chi connectivity index (χ4n) is 1.36. The van der Waals surface area contributed by atoms with Crippen molar-refractivity contribution in [3.63, 3.8) is 0 Å². The zero-order valence-electron chi connectivity index (χ0n) is 10.1. The third kappa shape index (κ3) is 4.68. The van der Waals surface area contributed by atoms with Gasteiger partial charge in [0.25, 0.3) is 0 Å². The van der Waals surface area contributed by atoms with E-state index in [0.29, 0.717) is 24.0 Å². The normalized spacial score (nSPS) is 9.83. The van der Waals surface area contributed by atoms with Crippen LogP contribution in [0.15, 0.2) is 24.3 Å². The van der Waals surface area contributed by atoms with Crippen molar-refractivity contribution >= 4 is 29.0 Å². The smallest absolute Gasteiger partial charge is 0.337 e. The summed E-state index contributed by atoms with van der Waals surface area (Å²) in [5.74, 6) is -0.986. The number of ether oxygens (including phenoxy) is 1. The predicted molar refractivity (Wildman–Crippen MR) is 74.1 cm³/mol. The van der Waals surface area contributed by atoms with Gasteiger partial charge in [0, 0.05) is 20.3 Å². The molecular formula is C12H16N2O3S. The van der Waals surface area contributed by atoms with Crippen molar-refractivity contribution in [3.05, 3.63) is 29.8 Å². The number of rotatable bonds is 6. The molecule has 0 saturated heterocycles. The first-order valence-electron chi connectivity index (χ1n) is 5.51. The summed E-state index contributed by atoms with van der Waals surface area (Å²) in [7, 11) is 1.64. The van der Waals surface area contributed by atoms with Crippen molar-refractivity contribution in [2.24, 2.45) is 0 Å². The van der Waals surface area contributed by atoms with Crippen LogP contribution in [0.4, 0.5) is 5.69 Å². The van der Waals surface area contributed by atoms with Crippen molar-refractivity contribution in [1.82, 2.24) is 5.32 Å². The average Bonchev–Trinajstić information content (AvgIpc) is 2.35. The van der Waals surface area contributed by atoms with E-state index >= 15 is 0 Å². The van der Waals surface area contributed by atoms with Crippen molar-refractivity contribution in [1.29, 1.82) is 0 Å². The molecule has 6 heteroatoms. The Morgan fingerprint density at radius 1 is 1.44 bits per heavy atom. The van der Waals surface area contributed by atoms with Crippen molar-refractivity contribution in [2.75, 3.05) is 25.6 Å². The van der Waals surface area contributed by atoms with Gasteiger partial charge in [-0.25, -0.2) is 4.79 Å². The van der Waals surface area contributed by atoms with E-state index in [1.54, 1.807) is 25.3 Å². The number of para-hydroxylation sites is 1. The zero-order chi connectivity index (χ0) is 13.4. The van der Waals surface area contributed by atoms with Gasteiger partial charge in [0.1, 0.15) is 0 Å². The molecule has 0 bridgehead atoms. The van der Waals surface area contributed by atoms with Crippen LogP contribution >= 0.6 is 12.2 Å². The van der Waals surface area contributed by atoms with Gasteiger partial charge in [0.05, 0.1) is 11.3 Å². The second-order valence-corrected chi connectivity index (χ2v) is 3.99. The molecule has 0 aliphatic heterocycles. The molecule has 0 radical (unpaired) electrons. The summed E-state index contributed by atoms with van der Waals surface area (Å²) in [6.45, 7) is 1.33. The Kier molecular flexibility index (Phi) is 6.10. The number of hydrogen-bond donors (Lipinski definition) is 3. The highest BCUT2D eigenvalue weighted by molar-refractivity contribution is 7.80. The molecule has 1 rings (SSSR count). The first-order valence-corrected chi connectivity index (χ1v) is 5.92. The van der Waals surface area contributed by atoms with Crippen LogP contribution in [-0.2, 0) is 4.74 Å². The molecule has 18 heavy (non-hydrogen) atoms. The van der Waals surface area contributed by atoms with Crippen LogP contribution in [0.25, 0.3) is 0 Å². The van der Waals surface area contributed by atoms with Gasteiger partial charge in [0.15, 0.2) is 5.11 Å². The highest BCUT2D eigenvalue weighted by atomic mass is 32.1. The number of aromatic carboxylic acids is 1. The topological polar surface area (TPSA) is 70.6 Å². The third-order valence-electron chi connectivity index (χ3n) is 2.22. The van der Waals surface area contributed by atoms with E-state index in [4.69, 9.17) is 22.1 Å². The Labute approximate surface area is 111 Å². The fourth-order valence-corrected chi connectivity index (χ4v) is 1.58. The lowest BCUT2D eigenvalue weighted by molar-refractivity contribution is 0.0698. The molecule has 98 valence electrons. The number of carbonyl (C=O) groups is 1. The Hall–Kier alpha value is -1.66. The molecule has 0 aromatic heterocycles. The summed E-state index contributed by atoms with van der Waals surface area (Å²) in [5.41, 5.74) is 0.674. The van der Waals surface area contributed by atoms with Crippen molar-refractivity contribution in [3.8, 4) is 0 Å². The maximum Gasteiger partial charge on any atom is 0.337 e. The molecule has 0 aliphatic carbocycles. The quantitative estimate of drug-likeness (QED) is 0.539. The maximum absolute atomic E-state index is 11.0. The molecule has 0 unspecified atom stereocenters. The number of anilines is 1. The number of carboxylic acids is 1. The summed E-state index contributed by atoms with van der Waals surface area (Å²) >= 11 is 5.08. The molecule has 1 aromatic rings. The molecule has 0 atom stereocenters. The molecule has 0 saturated carbocycles. The van der Waals surface area contributed by atoms with Crippen LogP contribution in [0, 0.1) is 0 Å². The molecule has 1 aromatic carbocycles. The minimum atomic E-state index is -0.986. The van der Waals surface area contributed by atoms with Crippen LogP contribution in [0.2, 0.25) is 0 Å². The van der Waals surface area contributed by atoms with E-state index in [0.717, 1.165) is 6.42 Å². The lowest BCUT2D eigenvalue weighted by Crippen LogP contribution is -2.30. The Balaban J connectivity index is 2.51. The van der Waals surface area contributed by atoms with Gasteiger partial charge in [-0.2, -0.15) is 0 Å². The highest BCUT2D eigenvalue weighted by Gasteiger charge is 2.09. The average molecular weight is 268 g/mol. The highest BCUT2D eigenvalue weighted by Crippen LogP contribution is 2.14. The zero-order valence-corrected chi connectivity index (χ0v) is 10.9. The summed E-state index contributed by atoms with van der Waals surface area (Å²) in [6.07, 6.45) is 0.832. The van der Waals surface area contributed by atoms with Gasteiger partial charge in [-0.15, -0.1) is 0 Å². The maximum atomic E-state index is 11.0. The van der Waals surface area contributed by atoms with E-state index in [1.807, 2.05) is 0 Å². The molecule has 0 aliphatic rings. The van der Waals surface area contributed by atoms with Gasteiger partial charge in [0.2, 0.25) is 0 Å². The van der Waals surface area contributed by atoms with E-state index in [1.165, 1.54) is 6.07 Å². The van der Waals surface area contributed by atoms with Crippen molar-refractivity contribution < 1.29 is 14.6 Å².